The lowest BCUT2D eigenvalue weighted by Crippen LogP contribution is -2.75. The van der Waals surface area contributed by atoms with Gasteiger partial charge in [-0.25, -0.2) is 4.98 Å². The maximum atomic E-state index is 7.22. The molecule has 1 spiro atoms. The molecule has 9 aromatic carbocycles. The van der Waals surface area contributed by atoms with Gasteiger partial charge in [0, 0.05) is 40.8 Å². The number of fused-ring (bicyclic) bond motifs is 10. The molecule has 5 nitrogen and oxygen atoms in total. The SMILES string of the molecule is Cc1ccc2c(c1)[Si]1(c3cc(C)ccc3-2)c2ccccc2N(c2cc(C(C)(C)C)ccn2)c2cc(Oc3cccc(N4CN(c5c(-c6cccc(C(C)(C)C)c6)cccc5-c5cc(C(C)(C)C)cc(C(C)(C)C)c5)c5ccccc54)c3)ccc21. The molecule has 84 heavy (non-hydrogen) atoms. The molecule has 0 atom stereocenters. The van der Waals surface area contributed by atoms with Crippen molar-refractivity contribution in [2.75, 3.05) is 21.4 Å². The van der Waals surface area contributed by atoms with E-state index in [4.69, 9.17) is 9.72 Å². The van der Waals surface area contributed by atoms with Crippen LogP contribution >= 0.6 is 0 Å². The van der Waals surface area contributed by atoms with Gasteiger partial charge in [0.1, 0.15) is 24.0 Å². The van der Waals surface area contributed by atoms with Gasteiger partial charge in [0.05, 0.1) is 22.7 Å². The molecule has 3 aliphatic heterocycles. The molecule has 10 aromatic rings. The predicted octanol–water partition coefficient (Wildman–Crippen LogP) is 18.4. The minimum Gasteiger partial charge on any atom is -0.457 e. The highest BCUT2D eigenvalue weighted by atomic mass is 28.3. The van der Waals surface area contributed by atoms with E-state index in [9.17, 15) is 0 Å². The number of nitrogens with zero attached hydrogens (tertiary/aromatic N) is 4. The van der Waals surface area contributed by atoms with Gasteiger partial charge in [-0.3, -0.25) is 4.90 Å². The first-order valence-corrected chi connectivity index (χ1v) is 32.0. The number of para-hydroxylation sites is 4. The Hall–Kier alpha value is -8.45. The Kier molecular flexibility index (Phi) is 12.9. The summed E-state index contributed by atoms with van der Waals surface area (Å²) < 4.78 is 7.22. The minimum absolute atomic E-state index is 0.0174. The lowest BCUT2D eigenvalue weighted by Gasteiger charge is -2.43. The second kappa shape index (κ2) is 19.8. The molecule has 0 saturated heterocycles. The number of anilines is 7. The largest absolute Gasteiger partial charge is 0.457 e. The lowest BCUT2D eigenvalue weighted by molar-refractivity contribution is 0.483. The van der Waals surface area contributed by atoms with Gasteiger partial charge in [0.15, 0.2) is 8.07 Å². The Balaban J connectivity index is 0.945. The number of hydrogen-bond donors (Lipinski definition) is 0. The normalized spacial score (nSPS) is 14.3. The smallest absolute Gasteiger partial charge is 0.185 e. The van der Waals surface area contributed by atoms with Crippen molar-refractivity contribution in [1.82, 2.24) is 4.98 Å². The quantitative estimate of drug-likeness (QED) is 0.149. The van der Waals surface area contributed by atoms with Crippen molar-refractivity contribution in [1.29, 1.82) is 0 Å². The van der Waals surface area contributed by atoms with Crippen LogP contribution < -0.4 is 40.2 Å². The highest BCUT2D eigenvalue weighted by Gasteiger charge is 2.54. The molecule has 13 rings (SSSR count). The molecular formula is C78H78N4OSi. The summed E-state index contributed by atoms with van der Waals surface area (Å²) >= 11 is 0. The van der Waals surface area contributed by atoms with E-state index in [-0.39, 0.29) is 21.7 Å². The molecule has 1 aromatic heterocycles. The summed E-state index contributed by atoms with van der Waals surface area (Å²) in [6.07, 6.45) is 1.98. The van der Waals surface area contributed by atoms with E-state index in [0.717, 1.165) is 45.8 Å². The van der Waals surface area contributed by atoms with Gasteiger partial charge < -0.3 is 14.5 Å². The number of ether oxygens (including phenoxy) is 1. The van der Waals surface area contributed by atoms with E-state index in [1.54, 1.807) is 0 Å². The number of pyridine rings is 1. The predicted molar refractivity (Wildman–Crippen MR) is 359 cm³/mol. The zero-order chi connectivity index (χ0) is 58.8. The first-order chi connectivity index (χ1) is 40.0. The summed E-state index contributed by atoms with van der Waals surface area (Å²) in [5.41, 5.74) is 21.9. The van der Waals surface area contributed by atoms with Gasteiger partial charge in [-0.1, -0.05) is 234 Å². The van der Waals surface area contributed by atoms with Crippen LogP contribution in [-0.4, -0.2) is 19.7 Å². The molecule has 6 heteroatoms. The summed E-state index contributed by atoms with van der Waals surface area (Å²) in [6, 6.07) is 75.8. The number of rotatable bonds is 7. The molecule has 0 bridgehead atoms. The monoisotopic (exact) mass is 1110 g/mol. The van der Waals surface area contributed by atoms with Crippen LogP contribution in [0.5, 0.6) is 11.5 Å². The molecule has 0 radical (unpaired) electrons. The summed E-state index contributed by atoms with van der Waals surface area (Å²) in [7, 11) is -2.92. The molecule has 3 aliphatic rings. The van der Waals surface area contributed by atoms with Crippen LogP contribution in [0.2, 0.25) is 0 Å². The Morgan fingerprint density at radius 1 is 0.381 bits per heavy atom. The van der Waals surface area contributed by atoms with Crippen LogP contribution in [-0.2, 0) is 21.7 Å². The van der Waals surface area contributed by atoms with E-state index in [1.807, 2.05) is 6.20 Å². The van der Waals surface area contributed by atoms with Gasteiger partial charge >= 0.3 is 0 Å². The molecule has 0 N–H and O–H groups in total. The van der Waals surface area contributed by atoms with E-state index >= 15 is 0 Å². The van der Waals surface area contributed by atoms with Crippen LogP contribution in [0, 0.1) is 13.8 Å². The molecule has 4 heterocycles. The average Bonchev–Trinajstić information content (AvgIpc) is 1.43. The molecule has 0 unspecified atom stereocenters. The lowest BCUT2D eigenvalue weighted by atomic mass is 9.78. The zero-order valence-electron chi connectivity index (χ0n) is 51.5. The third-order valence-corrected chi connectivity index (χ3v) is 22.8. The van der Waals surface area contributed by atoms with E-state index in [1.165, 1.54) is 93.2 Å². The fraction of sp³-hybridized carbons (Fsp3) is 0.244. The Bertz CT molecular complexity index is 4170. The van der Waals surface area contributed by atoms with Crippen molar-refractivity contribution < 1.29 is 4.74 Å². The first-order valence-electron chi connectivity index (χ1n) is 30.0. The minimum atomic E-state index is -2.92. The Morgan fingerprint density at radius 3 is 1.56 bits per heavy atom. The highest BCUT2D eigenvalue weighted by molar-refractivity contribution is 7.23. The van der Waals surface area contributed by atoms with Gasteiger partial charge in [-0.15, -0.1) is 0 Å². The maximum Gasteiger partial charge on any atom is 0.185 e. The van der Waals surface area contributed by atoms with Crippen molar-refractivity contribution in [3.05, 3.63) is 240 Å². The number of benzene rings is 9. The maximum absolute atomic E-state index is 7.22. The van der Waals surface area contributed by atoms with Crippen LogP contribution in [0.1, 0.15) is 116 Å². The fourth-order valence-corrected chi connectivity index (χ4v) is 19.0. The molecule has 0 amide bonds. The molecule has 0 saturated carbocycles. The Labute approximate surface area is 500 Å². The standard InChI is InChI=1S/C78H78N4OSi/c1-50-32-35-63-64-36-33-51(2)41-72(64)84(71(63)40-50)69-31-18-17-30-67(69)82(73-46-55(38-39-79-73)76(6,7)8)68-48-60(34-37-70(68)84)83-59-25-20-24-58(47-59)80-49-81(66-29-16-15-28-65(66)80)74-61(52-22-19-23-54(42-52)75(3,4)5)26-21-27-62(74)53-43-56(77(9,10)11)45-57(44-53)78(12,13)14/h15-48H,49H2,1-14H3. The van der Waals surface area contributed by atoms with Crippen molar-refractivity contribution >= 4 is 68.8 Å². The molecule has 0 aliphatic carbocycles. The molecular weight excluding hydrogens is 1040 g/mol. The number of aromatic nitrogens is 1. The van der Waals surface area contributed by atoms with Gasteiger partial charge in [-0.2, -0.15) is 0 Å². The van der Waals surface area contributed by atoms with Gasteiger partial charge in [0.25, 0.3) is 0 Å². The highest BCUT2D eigenvalue weighted by Crippen LogP contribution is 2.52. The van der Waals surface area contributed by atoms with E-state index in [0.29, 0.717) is 6.67 Å². The van der Waals surface area contributed by atoms with Crippen LogP contribution in [0.3, 0.4) is 0 Å². The number of hydrogen-bond acceptors (Lipinski definition) is 5. The van der Waals surface area contributed by atoms with E-state index < -0.39 is 8.07 Å². The zero-order valence-corrected chi connectivity index (χ0v) is 52.5. The van der Waals surface area contributed by atoms with Crippen molar-refractivity contribution in [2.45, 2.75) is 119 Å². The second-order valence-corrected chi connectivity index (χ2v) is 31.6. The summed E-state index contributed by atoms with van der Waals surface area (Å²) in [4.78, 5) is 12.6. The molecule has 420 valence electrons. The van der Waals surface area contributed by atoms with Crippen molar-refractivity contribution in [3.63, 3.8) is 0 Å². The number of aryl methyl sites for hydroxylation is 2. The van der Waals surface area contributed by atoms with Gasteiger partial charge in [-0.05, 0) is 149 Å². The summed E-state index contributed by atoms with van der Waals surface area (Å²) in [6.45, 7) is 32.8. The topological polar surface area (TPSA) is 31.8 Å². The third kappa shape index (κ3) is 9.25. The van der Waals surface area contributed by atoms with Crippen LogP contribution in [0.15, 0.2) is 206 Å². The van der Waals surface area contributed by atoms with Crippen molar-refractivity contribution in [2.24, 2.45) is 0 Å². The first kappa shape index (κ1) is 54.8. The van der Waals surface area contributed by atoms with Gasteiger partial charge in [0.2, 0.25) is 0 Å². The average molecular weight is 1120 g/mol. The van der Waals surface area contributed by atoms with Crippen molar-refractivity contribution in [3.8, 4) is 44.9 Å². The fourth-order valence-electron chi connectivity index (χ4n) is 13.3. The third-order valence-electron chi connectivity index (χ3n) is 17.9. The van der Waals surface area contributed by atoms with E-state index in [2.05, 4.69) is 312 Å². The van der Waals surface area contributed by atoms with Crippen LogP contribution in [0.4, 0.5) is 39.9 Å². The van der Waals surface area contributed by atoms with Crippen LogP contribution in [0.25, 0.3) is 33.4 Å². The summed E-state index contributed by atoms with van der Waals surface area (Å²) in [5.74, 6) is 2.43. The summed E-state index contributed by atoms with van der Waals surface area (Å²) in [5, 5.41) is 5.59. The second-order valence-electron chi connectivity index (χ2n) is 27.9. The molecule has 0 fully saturated rings. The Morgan fingerprint density at radius 2 is 0.917 bits per heavy atom.